The van der Waals surface area contributed by atoms with Crippen LogP contribution in [0.5, 0.6) is 0 Å². The summed E-state index contributed by atoms with van der Waals surface area (Å²) in [5.41, 5.74) is 3.47. The largest absolute Gasteiger partial charge is 0.370 e. The number of ether oxygens (including phenoxy) is 1. The van der Waals surface area contributed by atoms with Gasteiger partial charge in [-0.2, -0.15) is 5.10 Å². The molecular formula is C21H21N3O2. The lowest BCUT2D eigenvalue weighted by atomic mass is 10.1. The molecule has 0 aliphatic carbocycles. The second-order valence-corrected chi connectivity index (χ2v) is 6.44. The number of hydrogen-bond donors (Lipinski definition) is 0. The quantitative estimate of drug-likeness (QED) is 0.730. The van der Waals surface area contributed by atoms with Crippen molar-refractivity contribution in [3.8, 4) is 5.69 Å². The molecule has 5 nitrogen and oxygen atoms in total. The number of rotatable bonds is 3. The summed E-state index contributed by atoms with van der Waals surface area (Å²) in [5.74, 6) is -0.00640. The summed E-state index contributed by atoms with van der Waals surface area (Å²) in [6.45, 7) is 3.59. The van der Waals surface area contributed by atoms with Crippen molar-refractivity contribution in [1.82, 2.24) is 14.7 Å². The lowest BCUT2D eigenvalue weighted by Crippen LogP contribution is -2.43. The second kappa shape index (κ2) is 7.14. The number of aromatic nitrogens is 2. The monoisotopic (exact) mass is 347 g/mol. The van der Waals surface area contributed by atoms with Gasteiger partial charge in [-0.05, 0) is 24.6 Å². The summed E-state index contributed by atoms with van der Waals surface area (Å²) in [4.78, 5) is 15.1. The van der Waals surface area contributed by atoms with Gasteiger partial charge in [-0.3, -0.25) is 4.79 Å². The molecule has 5 heteroatoms. The van der Waals surface area contributed by atoms with Crippen LogP contribution in [0.25, 0.3) is 5.69 Å². The first-order valence-electron chi connectivity index (χ1n) is 8.80. The van der Waals surface area contributed by atoms with Gasteiger partial charge >= 0.3 is 0 Å². The Labute approximate surface area is 152 Å². The van der Waals surface area contributed by atoms with E-state index in [1.807, 2.05) is 72.5 Å². The first-order chi connectivity index (χ1) is 12.7. The first kappa shape index (κ1) is 16.5. The van der Waals surface area contributed by atoms with Gasteiger partial charge in [0.1, 0.15) is 11.8 Å². The van der Waals surface area contributed by atoms with Gasteiger partial charge in [0.2, 0.25) is 0 Å². The van der Waals surface area contributed by atoms with E-state index in [-0.39, 0.29) is 12.0 Å². The zero-order valence-corrected chi connectivity index (χ0v) is 14.7. The summed E-state index contributed by atoms with van der Waals surface area (Å²) in [6.07, 6.45) is 1.65. The molecule has 1 amide bonds. The minimum Gasteiger partial charge on any atom is -0.370 e. The van der Waals surface area contributed by atoms with Crippen LogP contribution in [0.15, 0.2) is 66.9 Å². The topological polar surface area (TPSA) is 47.4 Å². The average Bonchev–Trinajstić information content (AvgIpc) is 3.10. The molecule has 2 heterocycles. The van der Waals surface area contributed by atoms with E-state index in [0.29, 0.717) is 25.4 Å². The van der Waals surface area contributed by atoms with E-state index < -0.39 is 0 Å². The van der Waals surface area contributed by atoms with Crippen molar-refractivity contribution in [2.24, 2.45) is 0 Å². The Morgan fingerprint density at radius 3 is 2.50 bits per heavy atom. The van der Waals surface area contributed by atoms with E-state index in [1.165, 1.54) is 0 Å². The molecule has 3 aromatic rings. The Bertz CT molecular complexity index is 890. The SMILES string of the molecule is Cc1cnn(-c2ccccc2)c1C(=O)N1CCOC(c2ccccc2)C1. The van der Waals surface area contributed by atoms with E-state index in [1.54, 1.807) is 10.9 Å². The maximum absolute atomic E-state index is 13.3. The Morgan fingerprint density at radius 2 is 1.77 bits per heavy atom. The van der Waals surface area contributed by atoms with Crippen LogP contribution in [0.4, 0.5) is 0 Å². The van der Waals surface area contributed by atoms with Crippen LogP contribution in [0.3, 0.4) is 0 Å². The zero-order valence-electron chi connectivity index (χ0n) is 14.7. The Hall–Kier alpha value is -2.92. The van der Waals surface area contributed by atoms with E-state index >= 15 is 0 Å². The molecular weight excluding hydrogens is 326 g/mol. The number of carbonyl (C=O) groups excluding carboxylic acids is 1. The summed E-state index contributed by atoms with van der Waals surface area (Å²) < 4.78 is 7.62. The van der Waals surface area contributed by atoms with Crippen LogP contribution in [0.1, 0.15) is 27.7 Å². The van der Waals surface area contributed by atoms with Crippen molar-refractivity contribution in [3.63, 3.8) is 0 Å². The molecule has 1 aliphatic heterocycles. The maximum Gasteiger partial charge on any atom is 0.273 e. The fourth-order valence-corrected chi connectivity index (χ4v) is 3.31. The molecule has 0 saturated carbocycles. The molecule has 0 spiro atoms. The minimum atomic E-state index is -0.0951. The first-order valence-corrected chi connectivity index (χ1v) is 8.80. The smallest absolute Gasteiger partial charge is 0.273 e. The molecule has 132 valence electrons. The molecule has 0 N–H and O–H groups in total. The predicted octanol–water partition coefficient (Wildman–Crippen LogP) is 3.39. The van der Waals surface area contributed by atoms with Crippen molar-refractivity contribution in [1.29, 1.82) is 0 Å². The van der Waals surface area contributed by atoms with Crippen molar-refractivity contribution < 1.29 is 9.53 Å². The molecule has 1 atom stereocenters. The van der Waals surface area contributed by atoms with E-state index in [0.717, 1.165) is 16.8 Å². The molecule has 1 fully saturated rings. The highest BCUT2D eigenvalue weighted by Crippen LogP contribution is 2.24. The molecule has 4 rings (SSSR count). The number of benzene rings is 2. The predicted molar refractivity (Wildman–Crippen MR) is 99.3 cm³/mol. The van der Waals surface area contributed by atoms with E-state index in [9.17, 15) is 4.79 Å². The molecule has 1 unspecified atom stereocenters. The van der Waals surface area contributed by atoms with Crippen molar-refractivity contribution in [3.05, 3.63) is 83.7 Å². The van der Waals surface area contributed by atoms with Gasteiger partial charge in [0.25, 0.3) is 5.91 Å². The van der Waals surface area contributed by atoms with Crippen LogP contribution in [0, 0.1) is 6.92 Å². The summed E-state index contributed by atoms with van der Waals surface area (Å²) in [5, 5.41) is 4.42. The number of para-hydroxylation sites is 1. The molecule has 0 radical (unpaired) electrons. The number of amides is 1. The lowest BCUT2D eigenvalue weighted by molar-refractivity contribution is -0.0231. The van der Waals surface area contributed by atoms with Crippen LogP contribution in [-0.4, -0.2) is 40.3 Å². The van der Waals surface area contributed by atoms with E-state index in [2.05, 4.69) is 5.10 Å². The molecule has 1 aromatic heterocycles. The summed E-state index contributed by atoms with van der Waals surface area (Å²) in [6, 6.07) is 19.8. The van der Waals surface area contributed by atoms with Crippen LogP contribution >= 0.6 is 0 Å². The zero-order chi connectivity index (χ0) is 17.9. The normalized spacial score (nSPS) is 17.3. The van der Waals surface area contributed by atoms with Crippen LogP contribution < -0.4 is 0 Å². The molecule has 1 saturated heterocycles. The fourth-order valence-electron chi connectivity index (χ4n) is 3.31. The standard InChI is InChI=1S/C21H21N3O2/c1-16-14-22-24(18-10-6-3-7-11-18)20(16)21(25)23-12-13-26-19(15-23)17-8-4-2-5-9-17/h2-11,14,19H,12-13,15H2,1H3. The third-order valence-corrected chi connectivity index (χ3v) is 4.68. The number of hydrogen-bond acceptors (Lipinski definition) is 3. The third-order valence-electron chi connectivity index (χ3n) is 4.68. The molecule has 1 aliphatic rings. The van der Waals surface area contributed by atoms with Crippen molar-refractivity contribution in [2.75, 3.05) is 19.7 Å². The van der Waals surface area contributed by atoms with Gasteiger partial charge in [-0.25, -0.2) is 4.68 Å². The number of aryl methyl sites for hydroxylation is 1. The third kappa shape index (κ3) is 3.13. The highest BCUT2D eigenvalue weighted by Gasteiger charge is 2.29. The van der Waals surface area contributed by atoms with Crippen molar-refractivity contribution in [2.45, 2.75) is 13.0 Å². The van der Waals surface area contributed by atoms with Crippen LogP contribution in [-0.2, 0) is 4.74 Å². The number of nitrogens with zero attached hydrogens (tertiary/aromatic N) is 3. The van der Waals surface area contributed by atoms with Crippen molar-refractivity contribution >= 4 is 5.91 Å². The molecule has 0 bridgehead atoms. The lowest BCUT2D eigenvalue weighted by Gasteiger charge is -2.33. The number of carbonyl (C=O) groups is 1. The fraction of sp³-hybridized carbons (Fsp3) is 0.238. The Balaban J connectivity index is 1.61. The Kier molecular flexibility index (Phi) is 4.54. The van der Waals surface area contributed by atoms with Gasteiger partial charge in [-0.1, -0.05) is 48.5 Å². The highest BCUT2D eigenvalue weighted by molar-refractivity contribution is 5.94. The van der Waals surface area contributed by atoms with Gasteiger partial charge in [0.15, 0.2) is 0 Å². The van der Waals surface area contributed by atoms with E-state index in [4.69, 9.17) is 4.74 Å². The van der Waals surface area contributed by atoms with Gasteiger partial charge in [0.05, 0.1) is 25.0 Å². The highest BCUT2D eigenvalue weighted by atomic mass is 16.5. The minimum absolute atomic E-state index is 0.00640. The second-order valence-electron chi connectivity index (χ2n) is 6.44. The Morgan fingerprint density at radius 1 is 1.08 bits per heavy atom. The van der Waals surface area contributed by atoms with Gasteiger partial charge in [0, 0.05) is 12.1 Å². The number of morpholine rings is 1. The van der Waals surface area contributed by atoms with Gasteiger partial charge < -0.3 is 9.64 Å². The molecule has 2 aromatic carbocycles. The summed E-state index contributed by atoms with van der Waals surface area (Å²) in [7, 11) is 0. The van der Waals surface area contributed by atoms with Gasteiger partial charge in [-0.15, -0.1) is 0 Å². The summed E-state index contributed by atoms with van der Waals surface area (Å²) >= 11 is 0. The maximum atomic E-state index is 13.3. The molecule has 26 heavy (non-hydrogen) atoms. The average molecular weight is 347 g/mol. The van der Waals surface area contributed by atoms with Crippen LogP contribution in [0.2, 0.25) is 0 Å².